The third-order valence-corrected chi connectivity index (χ3v) is 5.24. The van der Waals surface area contributed by atoms with Crippen LogP contribution >= 0.6 is 0 Å². The summed E-state index contributed by atoms with van der Waals surface area (Å²) >= 11 is 0. The predicted octanol–water partition coefficient (Wildman–Crippen LogP) is 2.90. The Balaban J connectivity index is 1.42. The van der Waals surface area contributed by atoms with Crippen molar-refractivity contribution in [3.8, 4) is 5.75 Å². The highest BCUT2D eigenvalue weighted by molar-refractivity contribution is 5.79. The Bertz CT molecular complexity index is 924. The molecule has 0 saturated carbocycles. The molecule has 172 valence electrons. The molecule has 0 atom stereocenters. The molecular formula is C23H26F3N3O3. The van der Waals surface area contributed by atoms with Gasteiger partial charge in [-0.15, -0.1) is 13.2 Å². The highest BCUT2D eigenvalue weighted by atomic mass is 19.4. The maximum Gasteiger partial charge on any atom is 0.573 e. The lowest BCUT2D eigenvalue weighted by molar-refractivity contribution is -0.274. The summed E-state index contributed by atoms with van der Waals surface area (Å²) in [6.07, 6.45) is -4.45. The number of benzene rings is 2. The first-order valence-electron chi connectivity index (χ1n) is 10.4. The molecule has 2 amide bonds. The lowest BCUT2D eigenvalue weighted by atomic mass is 10.1. The number of ether oxygens (including phenoxy) is 1. The Morgan fingerprint density at radius 3 is 2.31 bits per heavy atom. The van der Waals surface area contributed by atoms with E-state index in [4.69, 9.17) is 0 Å². The summed E-state index contributed by atoms with van der Waals surface area (Å²) in [6, 6.07) is 13.6. The minimum absolute atomic E-state index is 0.0548. The lowest BCUT2D eigenvalue weighted by Crippen LogP contribution is -2.51. The third kappa shape index (κ3) is 7.26. The van der Waals surface area contributed by atoms with Gasteiger partial charge in [0.2, 0.25) is 11.8 Å². The van der Waals surface area contributed by atoms with Gasteiger partial charge < -0.3 is 15.0 Å². The Morgan fingerprint density at radius 2 is 1.66 bits per heavy atom. The Labute approximate surface area is 184 Å². The molecule has 6 nitrogen and oxygen atoms in total. The smallest absolute Gasteiger partial charge is 0.405 e. The molecule has 0 unspecified atom stereocenters. The van der Waals surface area contributed by atoms with Gasteiger partial charge in [-0.05, 0) is 18.6 Å². The molecule has 3 rings (SSSR count). The van der Waals surface area contributed by atoms with Crippen molar-refractivity contribution in [3.05, 3.63) is 65.2 Å². The van der Waals surface area contributed by atoms with E-state index < -0.39 is 6.36 Å². The van der Waals surface area contributed by atoms with Crippen molar-refractivity contribution >= 4 is 11.8 Å². The van der Waals surface area contributed by atoms with Gasteiger partial charge in [0.15, 0.2) is 0 Å². The Hall–Kier alpha value is -3.07. The molecule has 2 aromatic carbocycles. The average molecular weight is 449 g/mol. The highest BCUT2D eigenvalue weighted by Crippen LogP contribution is 2.26. The summed E-state index contributed by atoms with van der Waals surface area (Å²) in [4.78, 5) is 28.5. The number of amides is 2. The molecule has 2 aromatic rings. The van der Waals surface area contributed by atoms with Gasteiger partial charge in [0.25, 0.3) is 0 Å². The standard InChI is InChI=1S/C23H26F3N3O3/c1-17-6-8-18(9-7-17)14-22(31)29-12-10-28(11-13-29)16-21(30)27-15-19-4-2-3-5-20(19)32-23(24,25)26/h2-9H,10-16H2,1H3,(H,27,30). The van der Waals surface area contributed by atoms with Crippen LogP contribution < -0.4 is 10.1 Å². The minimum Gasteiger partial charge on any atom is -0.405 e. The first-order valence-corrected chi connectivity index (χ1v) is 10.4. The predicted molar refractivity (Wildman–Crippen MR) is 113 cm³/mol. The van der Waals surface area contributed by atoms with Crippen molar-refractivity contribution in [1.82, 2.24) is 15.1 Å². The number of hydrogen-bond acceptors (Lipinski definition) is 4. The number of alkyl halides is 3. The van der Waals surface area contributed by atoms with Crippen LogP contribution in [0.3, 0.4) is 0 Å². The SMILES string of the molecule is Cc1ccc(CC(=O)N2CCN(CC(=O)NCc3ccccc3OC(F)(F)F)CC2)cc1. The topological polar surface area (TPSA) is 61.9 Å². The van der Waals surface area contributed by atoms with Gasteiger partial charge in [0.1, 0.15) is 5.75 Å². The second-order valence-electron chi connectivity index (χ2n) is 7.75. The van der Waals surface area contributed by atoms with Crippen molar-refractivity contribution < 1.29 is 27.5 Å². The van der Waals surface area contributed by atoms with Crippen molar-refractivity contribution in [2.75, 3.05) is 32.7 Å². The molecule has 0 spiro atoms. The van der Waals surface area contributed by atoms with Gasteiger partial charge in [-0.3, -0.25) is 14.5 Å². The summed E-state index contributed by atoms with van der Waals surface area (Å²) in [5, 5.41) is 2.64. The maximum atomic E-state index is 12.5. The monoisotopic (exact) mass is 449 g/mol. The second kappa shape index (κ2) is 10.5. The van der Waals surface area contributed by atoms with Crippen LogP contribution in [-0.4, -0.2) is 60.7 Å². The molecule has 32 heavy (non-hydrogen) atoms. The summed E-state index contributed by atoms with van der Waals surface area (Å²) in [5.74, 6) is -0.577. The number of aryl methyl sites for hydroxylation is 1. The van der Waals surface area contributed by atoms with Gasteiger partial charge in [-0.25, -0.2) is 0 Å². The molecule has 9 heteroatoms. The molecule has 1 N–H and O–H groups in total. The zero-order chi connectivity index (χ0) is 23.1. The summed E-state index contributed by atoms with van der Waals surface area (Å²) in [5.41, 5.74) is 2.35. The number of hydrogen-bond donors (Lipinski definition) is 1. The first kappa shape index (κ1) is 23.6. The van der Waals surface area contributed by atoms with E-state index in [0.29, 0.717) is 32.6 Å². The van der Waals surface area contributed by atoms with E-state index >= 15 is 0 Å². The second-order valence-corrected chi connectivity index (χ2v) is 7.75. The van der Waals surface area contributed by atoms with Crippen LogP contribution in [0.4, 0.5) is 13.2 Å². The lowest BCUT2D eigenvalue weighted by Gasteiger charge is -2.34. The van der Waals surface area contributed by atoms with Gasteiger partial charge >= 0.3 is 6.36 Å². The van der Waals surface area contributed by atoms with E-state index in [2.05, 4.69) is 10.1 Å². The van der Waals surface area contributed by atoms with E-state index in [9.17, 15) is 22.8 Å². The molecule has 0 aliphatic carbocycles. The van der Waals surface area contributed by atoms with Crippen molar-refractivity contribution in [2.45, 2.75) is 26.3 Å². The number of rotatable bonds is 7. The van der Waals surface area contributed by atoms with Gasteiger partial charge in [0, 0.05) is 38.3 Å². The number of carbonyl (C=O) groups excluding carboxylic acids is 2. The Kier molecular flexibility index (Phi) is 7.74. The fourth-order valence-corrected chi connectivity index (χ4v) is 3.47. The number of para-hydroxylation sites is 1. The molecule has 1 aliphatic rings. The zero-order valence-corrected chi connectivity index (χ0v) is 17.8. The van der Waals surface area contributed by atoms with E-state index in [1.807, 2.05) is 36.1 Å². The van der Waals surface area contributed by atoms with Gasteiger partial charge in [0.05, 0.1) is 13.0 Å². The molecule has 0 aromatic heterocycles. The van der Waals surface area contributed by atoms with Crippen molar-refractivity contribution in [1.29, 1.82) is 0 Å². The maximum absolute atomic E-state index is 12.5. The molecule has 1 saturated heterocycles. The molecule has 1 aliphatic heterocycles. The summed E-state index contributed by atoms with van der Waals surface area (Å²) < 4.78 is 41.5. The fraction of sp³-hybridized carbons (Fsp3) is 0.391. The normalized spacial score (nSPS) is 14.8. The van der Waals surface area contributed by atoms with Crippen molar-refractivity contribution in [2.24, 2.45) is 0 Å². The molecule has 0 bridgehead atoms. The summed E-state index contributed by atoms with van der Waals surface area (Å²) in [7, 11) is 0. The number of halogens is 3. The van der Waals surface area contributed by atoms with E-state index in [-0.39, 0.29) is 36.2 Å². The van der Waals surface area contributed by atoms with Gasteiger partial charge in [-0.1, -0.05) is 48.0 Å². The molecule has 1 fully saturated rings. The largest absolute Gasteiger partial charge is 0.573 e. The fourth-order valence-electron chi connectivity index (χ4n) is 3.47. The van der Waals surface area contributed by atoms with Crippen LogP contribution in [0.15, 0.2) is 48.5 Å². The number of nitrogens with zero attached hydrogens (tertiary/aromatic N) is 2. The van der Waals surface area contributed by atoms with Crippen LogP contribution in [0.2, 0.25) is 0 Å². The third-order valence-electron chi connectivity index (χ3n) is 5.24. The quantitative estimate of drug-likeness (QED) is 0.706. The summed E-state index contributed by atoms with van der Waals surface area (Å²) in [6.45, 7) is 4.21. The van der Waals surface area contributed by atoms with Crippen LogP contribution in [0, 0.1) is 6.92 Å². The minimum atomic E-state index is -4.79. The number of piperazine rings is 1. The molecule has 1 heterocycles. The zero-order valence-electron chi connectivity index (χ0n) is 17.8. The highest BCUT2D eigenvalue weighted by Gasteiger charge is 2.32. The number of nitrogens with one attached hydrogen (secondary N) is 1. The van der Waals surface area contributed by atoms with E-state index in [1.54, 1.807) is 11.0 Å². The first-order chi connectivity index (χ1) is 15.2. The van der Waals surface area contributed by atoms with Crippen LogP contribution in [0.1, 0.15) is 16.7 Å². The average Bonchev–Trinajstić information content (AvgIpc) is 2.74. The van der Waals surface area contributed by atoms with E-state index in [1.165, 1.54) is 18.2 Å². The van der Waals surface area contributed by atoms with Crippen LogP contribution in [0.25, 0.3) is 0 Å². The van der Waals surface area contributed by atoms with Crippen molar-refractivity contribution in [3.63, 3.8) is 0 Å². The molecular weight excluding hydrogens is 423 g/mol. The van der Waals surface area contributed by atoms with Crippen LogP contribution in [-0.2, 0) is 22.6 Å². The molecule has 0 radical (unpaired) electrons. The van der Waals surface area contributed by atoms with E-state index in [0.717, 1.165) is 11.1 Å². The van der Waals surface area contributed by atoms with Gasteiger partial charge in [-0.2, -0.15) is 0 Å². The van der Waals surface area contributed by atoms with Crippen LogP contribution in [0.5, 0.6) is 5.75 Å². The Morgan fingerprint density at radius 1 is 1.00 bits per heavy atom. The number of carbonyl (C=O) groups is 2.